The Labute approximate surface area is 97.1 Å². The van der Waals surface area contributed by atoms with Crippen molar-refractivity contribution in [3.05, 3.63) is 0 Å². The fourth-order valence-electron chi connectivity index (χ4n) is 2.62. The summed E-state index contributed by atoms with van der Waals surface area (Å²) < 4.78 is 5.29. The molecule has 0 bridgehead atoms. The van der Waals surface area contributed by atoms with Crippen molar-refractivity contribution in [1.82, 2.24) is 4.90 Å². The Balaban J connectivity index is 1.88. The molecule has 2 aliphatic heterocycles. The van der Waals surface area contributed by atoms with Gasteiger partial charge < -0.3 is 15.4 Å². The average Bonchev–Trinajstić information content (AvgIpc) is 2.75. The highest BCUT2D eigenvalue weighted by atomic mass is 16.5. The van der Waals surface area contributed by atoms with Gasteiger partial charge in [-0.25, -0.2) is 0 Å². The van der Waals surface area contributed by atoms with Crippen molar-refractivity contribution in [3.63, 3.8) is 0 Å². The van der Waals surface area contributed by atoms with Crippen LogP contribution in [-0.2, 0) is 9.53 Å². The summed E-state index contributed by atoms with van der Waals surface area (Å²) in [6.07, 6.45) is 2.97. The molecule has 2 rings (SSSR count). The largest absolute Gasteiger partial charge is 0.381 e. The van der Waals surface area contributed by atoms with E-state index in [1.165, 1.54) is 0 Å². The number of amides is 1. The summed E-state index contributed by atoms with van der Waals surface area (Å²) in [5.41, 5.74) is 6.07. The molecule has 2 aliphatic rings. The maximum Gasteiger partial charge on any atom is 0.239 e. The molecule has 2 atom stereocenters. The molecule has 4 nitrogen and oxygen atoms in total. The van der Waals surface area contributed by atoms with Crippen LogP contribution in [0.3, 0.4) is 0 Å². The van der Waals surface area contributed by atoms with Gasteiger partial charge in [-0.2, -0.15) is 0 Å². The van der Waals surface area contributed by atoms with Gasteiger partial charge in [0.2, 0.25) is 5.91 Å². The highest BCUT2D eigenvalue weighted by molar-refractivity contribution is 5.82. The Bertz CT molecular complexity index is 251. The van der Waals surface area contributed by atoms with Gasteiger partial charge in [0.05, 0.1) is 6.04 Å². The second kappa shape index (κ2) is 5.15. The first-order valence-electron chi connectivity index (χ1n) is 6.30. The van der Waals surface area contributed by atoms with Crippen LogP contribution in [-0.4, -0.2) is 43.2 Å². The summed E-state index contributed by atoms with van der Waals surface area (Å²) in [5, 5.41) is 0. The zero-order valence-corrected chi connectivity index (χ0v) is 10.0. The van der Waals surface area contributed by atoms with Gasteiger partial charge >= 0.3 is 0 Å². The van der Waals surface area contributed by atoms with E-state index >= 15 is 0 Å². The fraction of sp³-hybridized carbons (Fsp3) is 0.917. The third-order valence-electron chi connectivity index (χ3n) is 3.79. The van der Waals surface area contributed by atoms with Gasteiger partial charge in [0, 0.05) is 26.3 Å². The van der Waals surface area contributed by atoms with E-state index in [4.69, 9.17) is 10.5 Å². The van der Waals surface area contributed by atoms with E-state index < -0.39 is 0 Å². The van der Waals surface area contributed by atoms with Gasteiger partial charge in [0.1, 0.15) is 0 Å². The minimum absolute atomic E-state index is 0.149. The molecular formula is C12H22N2O2. The number of rotatable bonds is 2. The van der Waals surface area contributed by atoms with Crippen LogP contribution in [0.4, 0.5) is 0 Å². The summed E-state index contributed by atoms with van der Waals surface area (Å²) in [7, 11) is 0. The van der Waals surface area contributed by atoms with Gasteiger partial charge in [-0.15, -0.1) is 0 Å². The minimum atomic E-state index is -0.311. The highest BCUT2D eigenvalue weighted by Gasteiger charge is 2.32. The molecule has 92 valence electrons. The quantitative estimate of drug-likeness (QED) is 0.750. The van der Waals surface area contributed by atoms with Crippen LogP contribution in [0.5, 0.6) is 0 Å². The number of carbonyl (C=O) groups is 1. The summed E-state index contributed by atoms with van der Waals surface area (Å²) in [5.74, 6) is 1.10. The number of likely N-dealkylation sites (tertiary alicyclic amines) is 1. The Morgan fingerprint density at radius 3 is 2.62 bits per heavy atom. The molecule has 1 amide bonds. The molecule has 0 aromatic heterocycles. The molecule has 0 radical (unpaired) electrons. The normalized spacial score (nSPS) is 29.4. The molecule has 0 aliphatic carbocycles. The van der Waals surface area contributed by atoms with Crippen LogP contribution in [0.2, 0.25) is 0 Å². The first-order chi connectivity index (χ1) is 7.68. The fourth-order valence-corrected chi connectivity index (χ4v) is 2.62. The number of carbonyl (C=O) groups excluding carboxylic acids is 1. The smallest absolute Gasteiger partial charge is 0.239 e. The lowest BCUT2D eigenvalue weighted by Gasteiger charge is -2.29. The van der Waals surface area contributed by atoms with Crippen molar-refractivity contribution in [2.24, 2.45) is 17.6 Å². The van der Waals surface area contributed by atoms with Crippen molar-refractivity contribution in [3.8, 4) is 0 Å². The van der Waals surface area contributed by atoms with Crippen LogP contribution in [0.1, 0.15) is 26.2 Å². The lowest BCUT2D eigenvalue weighted by molar-refractivity contribution is -0.133. The van der Waals surface area contributed by atoms with E-state index in [0.29, 0.717) is 11.8 Å². The summed E-state index contributed by atoms with van der Waals surface area (Å²) in [4.78, 5) is 14.1. The Morgan fingerprint density at radius 1 is 1.38 bits per heavy atom. The van der Waals surface area contributed by atoms with Crippen molar-refractivity contribution >= 4 is 5.91 Å². The minimum Gasteiger partial charge on any atom is -0.381 e. The number of nitrogens with two attached hydrogens (primary N) is 1. The molecule has 2 heterocycles. The monoisotopic (exact) mass is 226 g/mol. The van der Waals surface area contributed by atoms with Crippen molar-refractivity contribution < 1.29 is 9.53 Å². The van der Waals surface area contributed by atoms with Crippen molar-refractivity contribution in [2.45, 2.75) is 32.2 Å². The molecular weight excluding hydrogens is 204 g/mol. The summed E-state index contributed by atoms with van der Waals surface area (Å²) >= 11 is 0. The Hall–Kier alpha value is -0.610. The molecule has 2 fully saturated rings. The van der Waals surface area contributed by atoms with Crippen LogP contribution in [0.25, 0.3) is 0 Å². The highest BCUT2D eigenvalue weighted by Crippen LogP contribution is 2.22. The molecule has 2 unspecified atom stereocenters. The van der Waals surface area contributed by atoms with E-state index in [1.807, 2.05) is 4.90 Å². The predicted octanol–water partition coefficient (Wildman–Crippen LogP) is 0.609. The second-order valence-electron chi connectivity index (χ2n) is 5.15. The molecule has 4 heteroatoms. The third kappa shape index (κ3) is 2.55. The SMILES string of the molecule is CC1CCN(C(=O)C(N)C2CCOCC2)C1. The standard InChI is InChI=1S/C12H22N2O2/c1-9-2-5-14(8-9)12(15)11(13)10-3-6-16-7-4-10/h9-11H,2-8,13H2,1H3. The van der Waals surface area contributed by atoms with Crippen LogP contribution in [0.15, 0.2) is 0 Å². The van der Waals surface area contributed by atoms with Crippen molar-refractivity contribution in [2.75, 3.05) is 26.3 Å². The van der Waals surface area contributed by atoms with Gasteiger partial charge in [-0.1, -0.05) is 6.92 Å². The molecule has 0 spiro atoms. The number of hydrogen-bond donors (Lipinski definition) is 1. The molecule has 0 aromatic rings. The van der Waals surface area contributed by atoms with E-state index in [2.05, 4.69) is 6.92 Å². The number of nitrogens with zero attached hydrogens (tertiary/aromatic N) is 1. The average molecular weight is 226 g/mol. The van der Waals surface area contributed by atoms with E-state index in [9.17, 15) is 4.79 Å². The van der Waals surface area contributed by atoms with Gasteiger partial charge in [-0.3, -0.25) is 4.79 Å². The van der Waals surface area contributed by atoms with Gasteiger partial charge in [0.15, 0.2) is 0 Å². The van der Waals surface area contributed by atoms with Crippen LogP contribution in [0, 0.1) is 11.8 Å². The lowest BCUT2D eigenvalue weighted by atomic mass is 9.91. The second-order valence-corrected chi connectivity index (χ2v) is 5.15. The van der Waals surface area contributed by atoms with Crippen LogP contribution < -0.4 is 5.73 Å². The maximum absolute atomic E-state index is 12.2. The Morgan fingerprint density at radius 2 is 2.06 bits per heavy atom. The maximum atomic E-state index is 12.2. The van der Waals surface area contributed by atoms with Crippen molar-refractivity contribution in [1.29, 1.82) is 0 Å². The van der Waals surface area contributed by atoms with Crippen LogP contribution >= 0.6 is 0 Å². The first kappa shape index (κ1) is 11.9. The van der Waals surface area contributed by atoms with Gasteiger partial charge in [-0.05, 0) is 31.1 Å². The molecule has 2 saturated heterocycles. The zero-order valence-electron chi connectivity index (χ0n) is 10.0. The lowest BCUT2D eigenvalue weighted by Crippen LogP contribution is -2.48. The summed E-state index contributed by atoms with van der Waals surface area (Å²) in [6, 6.07) is -0.311. The molecule has 0 saturated carbocycles. The van der Waals surface area contributed by atoms with Gasteiger partial charge in [0.25, 0.3) is 0 Å². The molecule has 0 aromatic carbocycles. The molecule has 16 heavy (non-hydrogen) atoms. The molecule has 2 N–H and O–H groups in total. The van der Waals surface area contributed by atoms with E-state index in [0.717, 1.165) is 45.6 Å². The van der Waals surface area contributed by atoms with E-state index in [-0.39, 0.29) is 11.9 Å². The topological polar surface area (TPSA) is 55.6 Å². The number of hydrogen-bond acceptors (Lipinski definition) is 3. The third-order valence-corrected chi connectivity index (χ3v) is 3.79. The van der Waals surface area contributed by atoms with E-state index in [1.54, 1.807) is 0 Å². The number of ether oxygens (including phenoxy) is 1. The first-order valence-corrected chi connectivity index (χ1v) is 6.30. The Kier molecular flexibility index (Phi) is 3.82. The predicted molar refractivity (Wildman–Crippen MR) is 61.9 cm³/mol. The zero-order chi connectivity index (χ0) is 11.5. The summed E-state index contributed by atoms with van der Waals surface area (Å²) in [6.45, 7) is 5.46.